The van der Waals surface area contributed by atoms with Crippen molar-refractivity contribution in [3.8, 4) is 0 Å². The molecule has 5 nitrogen and oxygen atoms in total. The van der Waals surface area contributed by atoms with E-state index in [2.05, 4.69) is 15.3 Å². The summed E-state index contributed by atoms with van der Waals surface area (Å²) in [5, 5.41) is 2.97. The van der Waals surface area contributed by atoms with Crippen LogP contribution in [0.15, 0.2) is 12.3 Å². The molecule has 0 unspecified atom stereocenters. The van der Waals surface area contributed by atoms with Crippen LogP contribution in [0.4, 0.5) is 5.95 Å². The molecule has 0 spiro atoms. The first kappa shape index (κ1) is 11.8. The number of nitrogens with zero attached hydrogens (tertiary/aromatic N) is 3. The number of nitrogens with one attached hydrogen (secondary N) is 1. The Bertz CT molecular complexity index is 388. The largest absolute Gasteiger partial charge is 0.345 e. The van der Waals surface area contributed by atoms with Crippen LogP contribution in [0, 0.1) is 6.92 Å². The highest BCUT2D eigenvalue weighted by atomic mass is 16.2. The monoisotopic (exact) mass is 234 g/mol. The van der Waals surface area contributed by atoms with Gasteiger partial charge in [0, 0.05) is 25.0 Å². The molecule has 1 saturated heterocycles. The van der Waals surface area contributed by atoms with Gasteiger partial charge < -0.3 is 10.2 Å². The van der Waals surface area contributed by atoms with Crippen LogP contribution in [0.5, 0.6) is 0 Å². The summed E-state index contributed by atoms with van der Waals surface area (Å²) >= 11 is 0. The van der Waals surface area contributed by atoms with E-state index in [1.807, 2.05) is 17.9 Å². The Morgan fingerprint density at radius 3 is 2.88 bits per heavy atom. The molecule has 0 saturated carbocycles. The standard InChI is InChI=1S/C12H18N4O/c1-10-5-6-13-12(15-10)14-9-11(17)16-7-3-2-4-8-16/h5-6H,2-4,7-9H2,1H3,(H,13,14,15). The molecule has 1 aliphatic heterocycles. The van der Waals surface area contributed by atoms with Gasteiger partial charge in [-0.15, -0.1) is 0 Å². The predicted molar refractivity (Wildman–Crippen MR) is 65.7 cm³/mol. The molecule has 0 atom stereocenters. The van der Waals surface area contributed by atoms with Crippen LogP contribution in [0.3, 0.4) is 0 Å². The number of aromatic nitrogens is 2. The molecular formula is C12H18N4O. The van der Waals surface area contributed by atoms with Crippen LogP contribution in [0.2, 0.25) is 0 Å². The minimum Gasteiger partial charge on any atom is -0.345 e. The molecule has 1 N–H and O–H groups in total. The molecule has 2 heterocycles. The SMILES string of the molecule is Cc1ccnc(NCC(=O)N2CCCCC2)n1. The number of carbonyl (C=O) groups is 1. The molecule has 0 aromatic carbocycles. The van der Waals surface area contributed by atoms with E-state index in [9.17, 15) is 4.79 Å². The van der Waals surface area contributed by atoms with E-state index in [0.29, 0.717) is 5.95 Å². The average molecular weight is 234 g/mol. The molecule has 0 bridgehead atoms. The van der Waals surface area contributed by atoms with Crippen LogP contribution in [0.25, 0.3) is 0 Å². The third kappa shape index (κ3) is 3.41. The molecule has 1 amide bonds. The van der Waals surface area contributed by atoms with Crippen molar-refractivity contribution in [2.45, 2.75) is 26.2 Å². The molecule has 1 fully saturated rings. The third-order valence-corrected chi connectivity index (χ3v) is 2.90. The maximum absolute atomic E-state index is 11.9. The molecule has 1 aromatic rings. The number of likely N-dealkylation sites (tertiary alicyclic amines) is 1. The van der Waals surface area contributed by atoms with Gasteiger partial charge in [0.05, 0.1) is 6.54 Å². The number of hydrogen-bond donors (Lipinski definition) is 1. The van der Waals surface area contributed by atoms with Crippen molar-refractivity contribution in [3.05, 3.63) is 18.0 Å². The molecule has 0 radical (unpaired) electrons. The van der Waals surface area contributed by atoms with Gasteiger partial charge in [-0.2, -0.15) is 0 Å². The summed E-state index contributed by atoms with van der Waals surface area (Å²) in [6.45, 7) is 3.95. The van der Waals surface area contributed by atoms with Crippen molar-refractivity contribution in [1.29, 1.82) is 0 Å². The van der Waals surface area contributed by atoms with Gasteiger partial charge in [-0.1, -0.05) is 0 Å². The van der Waals surface area contributed by atoms with Crippen molar-refractivity contribution in [2.75, 3.05) is 25.0 Å². The first-order valence-corrected chi connectivity index (χ1v) is 6.07. The van der Waals surface area contributed by atoms with Crippen molar-refractivity contribution in [1.82, 2.24) is 14.9 Å². The van der Waals surface area contributed by atoms with Gasteiger partial charge >= 0.3 is 0 Å². The van der Waals surface area contributed by atoms with Crippen LogP contribution in [0.1, 0.15) is 25.0 Å². The zero-order valence-corrected chi connectivity index (χ0v) is 10.1. The summed E-state index contributed by atoms with van der Waals surface area (Å²) in [6, 6.07) is 1.83. The molecule has 1 aliphatic rings. The van der Waals surface area contributed by atoms with Gasteiger partial charge in [0.15, 0.2) is 0 Å². The molecule has 1 aromatic heterocycles. The zero-order valence-electron chi connectivity index (χ0n) is 10.1. The average Bonchev–Trinajstić information content (AvgIpc) is 2.37. The molecular weight excluding hydrogens is 216 g/mol. The van der Waals surface area contributed by atoms with Gasteiger partial charge in [-0.05, 0) is 32.3 Å². The lowest BCUT2D eigenvalue weighted by atomic mass is 10.1. The Kier molecular flexibility index (Phi) is 3.90. The topological polar surface area (TPSA) is 58.1 Å². The Labute approximate surface area is 101 Å². The fraction of sp³-hybridized carbons (Fsp3) is 0.583. The number of piperidine rings is 1. The number of anilines is 1. The lowest BCUT2D eigenvalue weighted by Crippen LogP contribution is -2.39. The highest BCUT2D eigenvalue weighted by molar-refractivity contribution is 5.80. The Morgan fingerprint density at radius 1 is 1.41 bits per heavy atom. The first-order valence-electron chi connectivity index (χ1n) is 6.07. The number of rotatable bonds is 3. The summed E-state index contributed by atoms with van der Waals surface area (Å²) in [4.78, 5) is 22.0. The Hall–Kier alpha value is -1.65. The minimum absolute atomic E-state index is 0.134. The summed E-state index contributed by atoms with van der Waals surface area (Å²) in [5.74, 6) is 0.658. The van der Waals surface area contributed by atoms with Gasteiger partial charge in [0.2, 0.25) is 11.9 Å². The van der Waals surface area contributed by atoms with E-state index < -0.39 is 0 Å². The lowest BCUT2D eigenvalue weighted by molar-refractivity contribution is -0.130. The molecule has 2 rings (SSSR count). The van der Waals surface area contributed by atoms with Crippen molar-refractivity contribution < 1.29 is 4.79 Å². The van der Waals surface area contributed by atoms with Crippen LogP contribution in [-0.2, 0) is 4.79 Å². The second kappa shape index (κ2) is 5.61. The highest BCUT2D eigenvalue weighted by Crippen LogP contribution is 2.08. The second-order valence-corrected chi connectivity index (χ2v) is 4.32. The molecule has 0 aliphatic carbocycles. The van der Waals surface area contributed by atoms with E-state index in [-0.39, 0.29) is 12.5 Å². The van der Waals surface area contributed by atoms with Crippen LogP contribution < -0.4 is 5.32 Å². The van der Waals surface area contributed by atoms with Crippen molar-refractivity contribution in [3.63, 3.8) is 0 Å². The fourth-order valence-electron chi connectivity index (χ4n) is 1.94. The third-order valence-electron chi connectivity index (χ3n) is 2.90. The first-order chi connectivity index (χ1) is 8.25. The second-order valence-electron chi connectivity index (χ2n) is 4.32. The van der Waals surface area contributed by atoms with Crippen LogP contribution in [-0.4, -0.2) is 40.4 Å². The quantitative estimate of drug-likeness (QED) is 0.854. The summed E-state index contributed by atoms with van der Waals surface area (Å²) in [5.41, 5.74) is 0.896. The van der Waals surface area contributed by atoms with Crippen molar-refractivity contribution >= 4 is 11.9 Å². The van der Waals surface area contributed by atoms with E-state index in [0.717, 1.165) is 31.6 Å². The maximum atomic E-state index is 11.9. The van der Waals surface area contributed by atoms with Crippen molar-refractivity contribution in [2.24, 2.45) is 0 Å². The number of carbonyl (C=O) groups excluding carboxylic acids is 1. The highest BCUT2D eigenvalue weighted by Gasteiger charge is 2.15. The summed E-state index contributed by atoms with van der Waals surface area (Å²) < 4.78 is 0. The lowest BCUT2D eigenvalue weighted by Gasteiger charge is -2.26. The molecule has 5 heteroatoms. The van der Waals surface area contributed by atoms with Gasteiger partial charge in [-0.25, -0.2) is 9.97 Å². The maximum Gasteiger partial charge on any atom is 0.241 e. The number of hydrogen-bond acceptors (Lipinski definition) is 4. The Balaban J connectivity index is 1.83. The minimum atomic E-state index is 0.134. The smallest absolute Gasteiger partial charge is 0.241 e. The van der Waals surface area contributed by atoms with E-state index in [1.165, 1.54) is 6.42 Å². The van der Waals surface area contributed by atoms with Gasteiger partial charge in [0.25, 0.3) is 0 Å². The Morgan fingerprint density at radius 2 is 2.18 bits per heavy atom. The molecule has 92 valence electrons. The van der Waals surface area contributed by atoms with E-state index >= 15 is 0 Å². The predicted octanol–water partition coefficient (Wildman–Crippen LogP) is 1.21. The summed E-state index contributed by atoms with van der Waals surface area (Å²) in [7, 11) is 0. The van der Waals surface area contributed by atoms with Crippen LogP contribution >= 0.6 is 0 Å². The van der Waals surface area contributed by atoms with Gasteiger partial charge in [-0.3, -0.25) is 4.79 Å². The normalized spacial score (nSPS) is 15.7. The van der Waals surface area contributed by atoms with E-state index in [1.54, 1.807) is 6.20 Å². The molecule has 17 heavy (non-hydrogen) atoms. The number of amides is 1. The number of aryl methyl sites for hydroxylation is 1. The van der Waals surface area contributed by atoms with E-state index in [4.69, 9.17) is 0 Å². The summed E-state index contributed by atoms with van der Waals surface area (Å²) in [6.07, 6.45) is 5.16. The zero-order chi connectivity index (χ0) is 12.1. The van der Waals surface area contributed by atoms with Gasteiger partial charge in [0.1, 0.15) is 0 Å². The fourth-order valence-corrected chi connectivity index (χ4v) is 1.94.